The molecule has 0 bridgehead atoms. The second-order valence-corrected chi connectivity index (χ2v) is 6.23. The first-order valence-electron chi connectivity index (χ1n) is 8.94. The van der Waals surface area contributed by atoms with Gasteiger partial charge in [-0.05, 0) is 38.1 Å². The Hall–Kier alpha value is -2.89. The van der Waals surface area contributed by atoms with Crippen LogP contribution in [0.1, 0.15) is 18.1 Å². The number of ether oxygens (including phenoxy) is 3. The van der Waals surface area contributed by atoms with Gasteiger partial charge < -0.3 is 24.8 Å². The van der Waals surface area contributed by atoms with Crippen LogP contribution in [0.15, 0.2) is 47.5 Å². The molecule has 0 spiro atoms. The first kappa shape index (κ1) is 20.4. The lowest BCUT2D eigenvalue weighted by molar-refractivity contribution is 0.224. The predicted molar refractivity (Wildman–Crippen MR) is 109 cm³/mol. The summed E-state index contributed by atoms with van der Waals surface area (Å²) in [5, 5.41) is 6.57. The molecule has 6 heteroatoms. The number of rotatable bonds is 8. The summed E-state index contributed by atoms with van der Waals surface area (Å²) in [6.45, 7) is 5.29. The van der Waals surface area contributed by atoms with Gasteiger partial charge in [0.2, 0.25) is 0 Å². The molecule has 2 rings (SSSR count). The van der Waals surface area contributed by atoms with Gasteiger partial charge in [0.1, 0.15) is 23.4 Å². The highest BCUT2D eigenvalue weighted by atomic mass is 16.5. The van der Waals surface area contributed by atoms with Crippen molar-refractivity contribution in [1.29, 1.82) is 0 Å². The Bertz CT molecular complexity index is 745. The SMILES string of the molecule is CN=C(NCc1ccc(OC)cc1OC)NCC(C)Oc1ccc(C)cc1. The number of aryl methyl sites for hydroxylation is 1. The Morgan fingerprint density at radius 2 is 1.70 bits per heavy atom. The quantitative estimate of drug-likeness (QED) is 0.551. The van der Waals surface area contributed by atoms with Crippen molar-refractivity contribution >= 4 is 5.96 Å². The predicted octanol–water partition coefficient (Wildman–Crippen LogP) is 3.14. The van der Waals surface area contributed by atoms with Gasteiger partial charge in [0.25, 0.3) is 0 Å². The third kappa shape index (κ3) is 6.40. The molecule has 0 radical (unpaired) electrons. The van der Waals surface area contributed by atoms with Crippen LogP contribution >= 0.6 is 0 Å². The summed E-state index contributed by atoms with van der Waals surface area (Å²) >= 11 is 0. The van der Waals surface area contributed by atoms with Crippen LogP contribution < -0.4 is 24.8 Å². The molecule has 0 heterocycles. The molecular weight excluding hydrogens is 342 g/mol. The van der Waals surface area contributed by atoms with Crippen LogP contribution in [-0.2, 0) is 6.54 Å². The number of guanidine groups is 1. The van der Waals surface area contributed by atoms with Crippen LogP contribution in [0.5, 0.6) is 17.2 Å². The Kier molecular flexibility index (Phi) is 7.79. The molecule has 0 aliphatic rings. The second-order valence-electron chi connectivity index (χ2n) is 6.23. The Morgan fingerprint density at radius 3 is 2.33 bits per heavy atom. The molecule has 1 atom stereocenters. The molecule has 0 aliphatic carbocycles. The second kappa shape index (κ2) is 10.3. The van der Waals surface area contributed by atoms with Crippen LogP contribution in [-0.4, -0.2) is 39.9 Å². The van der Waals surface area contributed by atoms with Crippen molar-refractivity contribution in [2.45, 2.75) is 26.5 Å². The fraction of sp³-hybridized carbons (Fsp3) is 0.381. The molecule has 0 amide bonds. The van der Waals surface area contributed by atoms with Gasteiger partial charge in [0.15, 0.2) is 5.96 Å². The minimum Gasteiger partial charge on any atom is -0.497 e. The highest BCUT2D eigenvalue weighted by Gasteiger charge is 2.08. The van der Waals surface area contributed by atoms with Crippen molar-refractivity contribution in [2.75, 3.05) is 27.8 Å². The van der Waals surface area contributed by atoms with Gasteiger partial charge in [-0.25, -0.2) is 0 Å². The van der Waals surface area contributed by atoms with Gasteiger partial charge in [-0.3, -0.25) is 4.99 Å². The lowest BCUT2D eigenvalue weighted by Crippen LogP contribution is -2.41. The van der Waals surface area contributed by atoms with E-state index >= 15 is 0 Å². The summed E-state index contributed by atoms with van der Waals surface area (Å²) < 4.78 is 16.6. The Balaban J connectivity index is 1.84. The fourth-order valence-electron chi connectivity index (χ4n) is 2.53. The van der Waals surface area contributed by atoms with E-state index in [1.165, 1.54) is 5.56 Å². The maximum absolute atomic E-state index is 5.91. The molecule has 2 aromatic carbocycles. The zero-order valence-electron chi connectivity index (χ0n) is 16.7. The topological polar surface area (TPSA) is 64.1 Å². The standard InChI is InChI=1S/C21H29N3O3/c1-15-6-9-18(10-7-15)27-16(2)13-23-21(22-3)24-14-17-8-11-19(25-4)12-20(17)26-5/h6-12,16H,13-14H2,1-5H3,(H2,22,23,24). The van der Waals surface area contributed by atoms with Crippen LogP contribution in [0.25, 0.3) is 0 Å². The minimum absolute atomic E-state index is 0.00165. The third-order valence-corrected chi connectivity index (χ3v) is 4.08. The van der Waals surface area contributed by atoms with Crippen LogP contribution in [0.4, 0.5) is 0 Å². The van der Waals surface area contributed by atoms with Crippen LogP contribution in [0.3, 0.4) is 0 Å². The minimum atomic E-state index is 0.00165. The molecule has 2 aromatic rings. The Morgan fingerprint density at radius 1 is 1.00 bits per heavy atom. The lowest BCUT2D eigenvalue weighted by atomic mass is 10.2. The molecule has 2 N–H and O–H groups in total. The van der Waals surface area contributed by atoms with Gasteiger partial charge >= 0.3 is 0 Å². The van der Waals surface area contributed by atoms with Crippen LogP contribution in [0, 0.1) is 6.92 Å². The molecule has 0 aromatic heterocycles. The normalized spacial score (nSPS) is 12.3. The smallest absolute Gasteiger partial charge is 0.191 e. The van der Waals surface area contributed by atoms with Crippen molar-refractivity contribution in [3.8, 4) is 17.2 Å². The van der Waals surface area contributed by atoms with Crippen molar-refractivity contribution in [3.63, 3.8) is 0 Å². The van der Waals surface area contributed by atoms with Gasteiger partial charge in [-0.15, -0.1) is 0 Å². The van der Waals surface area contributed by atoms with Gasteiger partial charge in [-0.1, -0.05) is 17.7 Å². The number of hydrogen-bond donors (Lipinski definition) is 2. The molecule has 146 valence electrons. The van der Waals surface area contributed by atoms with E-state index in [4.69, 9.17) is 14.2 Å². The number of hydrogen-bond acceptors (Lipinski definition) is 4. The zero-order chi connectivity index (χ0) is 19.6. The summed E-state index contributed by atoms with van der Waals surface area (Å²) in [4.78, 5) is 4.26. The summed E-state index contributed by atoms with van der Waals surface area (Å²) in [7, 11) is 5.03. The highest BCUT2D eigenvalue weighted by molar-refractivity contribution is 5.79. The van der Waals surface area contributed by atoms with E-state index in [1.54, 1.807) is 21.3 Å². The van der Waals surface area contributed by atoms with Crippen molar-refractivity contribution in [2.24, 2.45) is 4.99 Å². The van der Waals surface area contributed by atoms with E-state index in [1.807, 2.05) is 49.4 Å². The van der Waals surface area contributed by atoms with E-state index < -0.39 is 0 Å². The van der Waals surface area contributed by atoms with Crippen molar-refractivity contribution < 1.29 is 14.2 Å². The molecule has 0 fully saturated rings. The maximum Gasteiger partial charge on any atom is 0.191 e. The fourth-order valence-corrected chi connectivity index (χ4v) is 2.53. The average Bonchev–Trinajstić information content (AvgIpc) is 2.69. The molecule has 0 saturated heterocycles. The number of benzene rings is 2. The Labute approximate surface area is 161 Å². The summed E-state index contributed by atoms with van der Waals surface area (Å²) in [5.74, 6) is 3.10. The number of nitrogens with one attached hydrogen (secondary N) is 2. The van der Waals surface area contributed by atoms with Gasteiger partial charge in [0, 0.05) is 25.2 Å². The molecular formula is C21H29N3O3. The third-order valence-electron chi connectivity index (χ3n) is 4.08. The largest absolute Gasteiger partial charge is 0.497 e. The van der Waals surface area contributed by atoms with Gasteiger partial charge in [0.05, 0.1) is 20.8 Å². The van der Waals surface area contributed by atoms with Gasteiger partial charge in [-0.2, -0.15) is 0 Å². The van der Waals surface area contributed by atoms with E-state index in [9.17, 15) is 0 Å². The highest BCUT2D eigenvalue weighted by Crippen LogP contribution is 2.24. The molecule has 0 aliphatic heterocycles. The maximum atomic E-state index is 5.91. The summed E-state index contributed by atoms with van der Waals surface area (Å²) in [5.41, 5.74) is 2.23. The van der Waals surface area contributed by atoms with Crippen molar-refractivity contribution in [1.82, 2.24) is 10.6 Å². The van der Waals surface area contributed by atoms with E-state index in [2.05, 4.69) is 22.5 Å². The van der Waals surface area contributed by atoms with E-state index in [-0.39, 0.29) is 6.10 Å². The number of nitrogens with zero attached hydrogens (tertiary/aromatic N) is 1. The van der Waals surface area contributed by atoms with Crippen LogP contribution in [0.2, 0.25) is 0 Å². The molecule has 6 nitrogen and oxygen atoms in total. The summed E-state index contributed by atoms with van der Waals surface area (Å²) in [6.07, 6.45) is 0.00165. The van der Waals surface area contributed by atoms with Crippen molar-refractivity contribution in [3.05, 3.63) is 53.6 Å². The summed E-state index contributed by atoms with van der Waals surface area (Å²) in [6, 6.07) is 13.8. The molecule has 1 unspecified atom stereocenters. The number of aliphatic imine (C=N–C) groups is 1. The number of methoxy groups -OCH3 is 2. The van der Waals surface area contributed by atoms with E-state index in [0.29, 0.717) is 19.0 Å². The molecule has 27 heavy (non-hydrogen) atoms. The van der Waals surface area contributed by atoms with E-state index in [0.717, 1.165) is 22.8 Å². The average molecular weight is 371 g/mol. The first-order valence-corrected chi connectivity index (χ1v) is 8.94. The monoisotopic (exact) mass is 371 g/mol. The first-order chi connectivity index (χ1) is 13.0. The zero-order valence-corrected chi connectivity index (χ0v) is 16.7. The lowest BCUT2D eigenvalue weighted by Gasteiger charge is -2.18. The molecule has 0 saturated carbocycles.